The van der Waals surface area contributed by atoms with Crippen LogP contribution in [0.1, 0.15) is 30.1 Å². The van der Waals surface area contributed by atoms with Gasteiger partial charge in [-0.05, 0) is 66.5 Å². The Morgan fingerprint density at radius 3 is 2.58 bits per heavy atom. The molecule has 1 saturated carbocycles. The Kier molecular flexibility index (Phi) is 3.71. The summed E-state index contributed by atoms with van der Waals surface area (Å²) in [7, 11) is 0. The zero-order valence-corrected chi connectivity index (χ0v) is 12.5. The summed E-state index contributed by atoms with van der Waals surface area (Å²) in [6, 6.07) is 4.62. The lowest BCUT2D eigenvalue weighted by molar-refractivity contribution is -0.144. The third-order valence-corrected chi connectivity index (χ3v) is 4.09. The number of amides is 1. The topological polar surface area (TPSA) is 86.6 Å². The molecule has 0 bridgehead atoms. The highest BCUT2D eigenvalue weighted by Gasteiger charge is 2.48. The van der Waals surface area contributed by atoms with Crippen molar-refractivity contribution in [3.63, 3.8) is 0 Å². The highest BCUT2D eigenvalue weighted by molar-refractivity contribution is 14.1. The Morgan fingerprint density at radius 2 is 2.05 bits per heavy atom. The van der Waals surface area contributed by atoms with Gasteiger partial charge in [0.2, 0.25) is 0 Å². The first-order valence-corrected chi connectivity index (χ1v) is 6.97. The van der Waals surface area contributed by atoms with Gasteiger partial charge in [-0.1, -0.05) is 0 Å². The van der Waals surface area contributed by atoms with Crippen LogP contribution in [0.3, 0.4) is 0 Å². The number of hydrogen-bond acceptors (Lipinski definition) is 3. The van der Waals surface area contributed by atoms with E-state index in [1.54, 1.807) is 6.07 Å². The number of nitrogens with one attached hydrogen (secondary N) is 1. The van der Waals surface area contributed by atoms with Crippen molar-refractivity contribution in [1.29, 1.82) is 0 Å². The Bertz CT molecular complexity index is 541. The summed E-state index contributed by atoms with van der Waals surface area (Å²) in [6.07, 6.45) is 1.59. The Balaban J connectivity index is 2.25. The van der Waals surface area contributed by atoms with Crippen LogP contribution >= 0.6 is 22.6 Å². The van der Waals surface area contributed by atoms with Gasteiger partial charge in [0.15, 0.2) is 0 Å². The van der Waals surface area contributed by atoms with Crippen LogP contribution in [0.15, 0.2) is 18.2 Å². The number of carboxylic acid groups (broad SMARTS) is 1. The third-order valence-electron chi connectivity index (χ3n) is 3.41. The maximum absolute atomic E-state index is 12.1. The Morgan fingerprint density at radius 1 is 1.42 bits per heavy atom. The molecule has 6 heteroatoms. The average molecular weight is 375 g/mol. The number of carbonyl (C=O) groups is 2. The van der Waals surface area contributed by atoms with Crippen molar-refractivity contribution in [3.8, 4) is 5.75 Å². The largest absolute Gasteiger partial charge is 0.507 e. The summed E-state index contributed by atoms with van der Waals surface area (Å²) in [5.74, 6) is -1.80. The first kappa shape index (κ1) is 14.1. The van der Waals surface area contributed by atoms with E-state index in [1.807, 2.05) is 22.6 Å². The van der Waals surface area contributed by atoms with Crippen LogP contribution in [-0.4, -0.2) is 27.6 Å². The van der Waals surface area contributed by atoms with Crippen LogP contribution < -0.4 is 5.32 Å². The molecular weight excluding hydrogens is 361 g/mol. The highest BCUT2D eigenvalue weighted by Crippen LogP contribution is 2.40. The molecule has 0 spiro atoms. The third kappa shape index (κ3) is 2.83. The van der Waals surface area contributed by atoms with Crippen LogP contribution in [0, 0.1) is 9.49 Å². The van der Waals surface area contributed by atoms with E-state index in [9.17, 15) is 19.8 Å². The van der Waals surface area contributed by atoms with Gasteiger partial charge in [0, 0.05) is 3.57 Å². The summed E-state index contributed by atoms with van der Waals surface area (Å²) < 4.78 is 0.795. The lowest BCUT2D eigenvalue weighted by Gasteiger charge is -2.26. The monoisotopic (exact) mass is 375 g/mol. The fourth-order valence-electron chi connectivity index (χ4n) is 1.98. The van der Waals surface area contributed by atoms with Crippen molar-refractivity contribution in [1.82, 2.24) is 5.32 Å². The molecule has 2 rings (SSSR count). The molecule has 1 aromatic carbocycles. The van der Waals surface area contributed by atoms with Gasteiger partial charge in [-0.2, -0.15) is 0 Å². The zero-order chi connectivity index (χ0) is 14.2. The molecule has 3 N–H and O–H groups in total. The number of aliphatic carboxylic acids is 1. The second kappa shape index (κ2) is 4.99. The van der Waals surface area contributed by atoms with Crippen LogP contribution in [0.5, 0.6) is 5.75 Å². The summed E-state index contributed by atoms with van der Waals surface area (Å²) >= 11 is 2.02. The lowest BCUT2D eigenvalue weighted by atomic mass is 9.95. The van der Waals surface area contributed by atoms with Gasteiger partial charge in [-0.25, -0.2) is 4.79 Å². The minimum Gasteiger partial charge on any atom is -0.507 e. The summed E-state index contributed by atoms with van der Waals surface area (Å²) in [4.78, 5) is 23.5. The zero-order valence-electron chi connectivity index (χ0n) is 10.3. The SMILES string of the molecule is CC(NC(=O)c1cc(I)ccc1O)(C(=O)O)C1CC1. The summed E-state index contributed by atoms with van der Waals surface area (Å²) in [6.45, 7) is 1.51. The molecular formula is C13H14INO4. The van der Waals surface area contributed by atoms with Crippen molar-refractivity contribution in [2.24, 2.45) is 5.92 Å². The number of aromatic hydroxyl groups is 1. The lowest BCUT2D eigenvalue weighted by Crippen LogP contribution is -2.54. The van der Waals surface area contributed by atoms with Gasteiger partial charge in [0.05, 0.1) is 5.56 Å². The fraction of sp³-hybridized carbons (Fsp3) is 0.385. The predicted octanol–water partition coefficient (Wildman–Crippen LogP) is 1.98. The van der Waals surface area contributed by atoms with Gasteiger partial charge in [-0.3, -0.25) is 4.79 Å². The number of rotatable bonds is 4. The van der Waals surface area contributed by atoms with Crippen LogP contribution in [0.4, 0.5) is 0 Å². The number of phenolic OH excluding ortho intramolecular Hbond substituents is 1. The minimum absolute atomic E-state index is 0.0427. The average Bonchev–Trinajstić information content (AvgIpc) is 3.16. The smallest absolute Gasteiger partial charge is 0.329 e. The molecule has 1 amide bonds. The van der Waals surface area contributed by atoms with Crippen molar-refractivity contribution in [3.05, 3.63) is 27.3 Å². The maximum atomic E-state index is 12.1. The van der Waals surface area contributed by atoms with E-state index in [4.69, 9.17) is 0 Å². The fourth-order valence-corrected chi connectivity index (χ4v) is 2.48. The molecule has 19 heavy (non-hydrogen) atoms. The van der Waals surface area contributed by atoms with Crippen molar-refractivity contribution >= 4 is 34.5 Å². The van der Waals surface area contributed by atoms with E-state index in [-0.39, 0.29) is 17.2 Å². The van der Waals surface area contributed by atoms with Crippen molar-refractivity contribution in [2.75, 3.05) is 0 Å². The number of benzene rings is 1. The molecule has 0 radical (unpaired) electrons. The molecule has 0 saturated heterocycles. The number of carboxylic acids is 1. The van der Waals surface area contributed by atoms with E-state index in [0.29, 0.717) is 0 Å². The van der Waals surface area contributed by atoms with Gasteiger partial charge in [0.25, 0.3) is 5.91 Å². The molecule has 1 aromatic rings. The molecule has 1 aliphatic carbocycles. The molecule has 1 aliphatic rings. The molecule has 0 aromatic heterocycles. The van der Waals surface area contributed by atoms with Crippen LogP contribution in [0.25, 0.3) is 0 Å². The molecule has 1 atom stereocenters. The minimum atomic E-state index is -1.27. The Hall–Kier alpha value is -1.31. The number of halogens is 1. The normalized spacial score (nSPS) is 17.6. The molecule has 1 fully saturated rings. The summed E-state index contributed by atoms with van der Waals surface area (Å²) in [5.41, 5.74) is -1.18. The molecule has 0 heterocycles. The molecule has 102 valence electrons. The van der Waals surface area contributed by atoms with Crippen molar-refractivity contribution < 1.29 is 19.8 Å². The van der Waals surface area contributed by atoms with Gasteiger partial charge in [-0.15, -0.1) is 0 Å². The second-order valence-electron chi connectivity index (χ2n) is 4.90. The number of hydrogen-bond donors (Lipinski definition) is 3. The first-order valence-electron chi connectivity index (χ1n) is 5.89. The Labute approximate surface area is 124 Å². The number of carbonyl (C=O) groups excluding carboxylic acids is 1. The van der Waals surface area contributed by atoms with Crippen molar-refractivity contribution in [2.45, 2.75) is 25.3 Å². The molecule has 0 aliphatic heterocycles. The van der Waals surface area contributed by atoms with E-state index in [2.05, 4.69) is 5.32 Å². The standard InChI is InChI=1S/C13H14INO4/c1-13(12(18)19,7-2-3-7)15-11(17)9-6-8(14)4-5-10(9)16/h4-7,16H,2-3H2,1H3,(H,15,17)(H,18,19). The van der Waals surface area contributed by atoms with E-state index in [0.717, 1.165) is 16.4 Å². The van der Waals surface area contributed by atoms with Gasteiger partial charge < -0.3 is 15.5 Å². The van der Waals surface area contributed by atoms with E-state index >= 15 is 0 Å². The number of phenols is 1. The maximum Gasteiger partial charge on any atom is 0.329 e. The summed E-state index contributed by atoms with van der Waals surface area (Å²) in [5, 5.41) is 21.5. The molecule has 1 unspecified atom stereocenters. The van der Waals surface area contributed by atoms with Gasteiger partial charge >= 0.3 is 5.97 Å². The molecule has 5 nitrogen and oxygen atoms in total. The quantitative estimate of drug-likeness (QED) is 0.703. The highest BCUT2D eigenvalue weighted by atomic mass is 127. The van der Waals surface area contributed by atoms with E-state index in [1.165, 1.54) is 19.1 Å². The van der Waals surface area contributed by atoms with Crippen LogP contribution in [-0.2, 0) is 4.79 Å². The first-order chi connectivity index (χ1) is 8.84. The van der Waals surface area contributed by atoms with Crippen LogP contribution in [0.2, 0.25) is 0 Å². The van der Waals surface area contributed by atoms with E-state index < -0.39 is 17.4 Å². The van der Waals surface area contributed by atoms with Gasteiger partial charge in [0.1, 0.15) is 11.3 Å². The predicted molar refractivity (Wildman–Crippen MR) is 77.1 cm³/mol. The second-order valence-corrected chi connectivity index (χ2v) is 6.14.